The number of rotatable bonds is 8. The second-order valence-corrected chi connectivity index (χ2v) is 8.11. The van der Waals surface area contributed by atoms with Gasteiger partial charge in [-0.05, 0) is 52.7 Å². The first-order valence-electron chi connectivity index (χ1n) is 10.3. The third kappa shape index (κ3) is 6.04. The zero-order valence-corrected chi connectivity index (χ0v) is 19.3. The van der Waals surface area contributed by atoms with Crippen molar-refractivity contribution < 1.29 is 18.7 Å². The van der Waals surface area contributed by atoms with Gasteiger partial charge >= 0.3 is 0 Å². The van der Waals surface area contributed by atoms with Gasteiger partial charge in [-0.3, -0.25) is 4.79 Å². The SMILES string of the molecule is O=C(COc1ccc(Cl)cc1Cl)N/N=C/c1c(OCc2ccc(F)cc2)ccc2ccccc12. The Balaban J connectivity index is 1.46. The highest BCUT2D eigenvalue weighted by Crippen LogP contribution is 2.28. The number of hydrogen-bond acceptors (Lipinski definition) is 4. The van der Waals surface area contributed by atoms with Crippen molar-refractivity contribution in [2.45, 2.75) is 6.61 Å². The summed E-state index contributed by atoms with van der Waals surface area (Å²) < 4.78 is 24.6. The number of hydrogen-bond donors (Lipinski definition) is 1. The van der Waals surface area contributed by atoms with Crippen molar-refractivity contribution in [3.8, 4) is 11.5 Å². The summed E-state index contributed by atoms with van der Waals surface area (Å²) >= 11 is 11.9. The van der Waals surface area contributed by atoms with Gasteiger partial charge in [0, 0.05) is 10.6 Å². The quantitative estimate of drug-likeness (QED) is 0.227. The van der Waals surface area contributed by atoms with Gasteiger partial charge in [0.15, 0.2) is 6.61 Å². The molecule has 0 radical (unpaired) electrons. The molecule has 1 N–H and O–H groups in total. The smallest absolute Gasteiger partial charge is 0.277 e. The predicted octanol–water partition coefficient (Wildman–Crippen LogP) is 6.39. The lowest BCUT2D eigenvalue weighted by atomic mass is 10.0. The van der Waals surface area contributed by atoms with Gasteiger partial charge in [0.25, 0.3) is 5.91 Å². The molecule has 172 valence electrons. The Morgan fingerprint density at radius 3 is 2.50 bits per heavy atom. The van der Waals surface area contributed by atoms with Crippen LogP contribution >= 0.6 is 23.2 Å². The largest absolute Gasteiger partial charge is 0.488 e. The Labute approximate surface area is 205 Å². The van der Waals surface area contributed by atoms with Gasteiger partial charge in [0.1, 0.15) is 23.9 Å². The average Bonchev–Trinajstić information content (AvgIpc) is 2.83. The Kier molecular flexibility index (Phi) is 7.62. The molecular formula is C26H19Cl2FN2O3. The van der Waals surface area contributed by atoms with Gasteiger partial charge < -0.3 is 9.47 Å². The van der Waals surface area contributed by atoms with Gasteiger partial charge in [0.2, 0.25) is 0 Å². The van der Waals surface area contributed by atoms with Crippen LogP contribution in [0, 0.1) is 5.82 Å². The number of nitrogens with zero attached hydrogens (tertiary/aromatic N) is 1. The molecule has 0 aliphatic rings. The minimum Gasteiger partial charge on any atom is -0.488 e. The number of halogens is 3. The summed E-state index contributed by atoms with van der Waals surface area (Å²) in [5, 5.41) is 6.75. The Bertz CT molecular complexity index is 1340. The lowest BCUT2D eigenvalue weighted by Crippen LogP contribution is -2.24. The van der Waals surface area contributed by atoms with Crippen molar-refractivity contribution in [2.24, 2.45) is 5.10 Å². The number of amides is 1. The third-order valence-corrected chi connectivity index (χ3v) is 5.40. The predicted molar refractivity (Wildman–Crippen MR) is 132 cm³/mol. The van der Waals surface area contributed by atoms with Crippen LogP contribution < -0.4 is 14.9 Å². The second kappa shape index (κ2) is 11.0. The fraction of sp³-hybridized carbons (Fsp3) is 0.0769. The zero-order chi connectivity index (χ0) is 23.9. The van der Waals surface area contributed by atoms with E-state index in [0.717, 1.165) is 16.3 Å². The van der Waals surface area contributed by atoms with Crippen molar-refractivity contribution in [1.82, 2.24) is 5.43 Å². The molecule has 4 aromatic rings. The Morgan fingerprint density at radius 1 is 0.941 bits per heavy atom. The maximum Gasteiger partial charge on any atom is 0.277 e. The number of carbonyl (C=O) groups excluding carboxylic acids is 1. The van der Waals surface area contributed by atoms with E-state index >= 15 is 0 Å². The fourth-order valence-corrected chi connectivity index (χ4v) is 3.68. The van der Waals surface area contributed by atoms with Crippen molar-refractivity contribution in [3.05, 3.63) is 106 Å². The van der Waals surface area contributed by atoms with Gasteiger partial charge in [-0.15, -0.1) is 0 Å². The number of ether oxygens (including phenoxy) is 2. The number of fused-ring (bicyclic) bond motifs is 1. The van der Waals surface area contributed by atoms with Crippen molar-refractivity contribution >= 4 is 46.1 Å². The van der Waals surface area contributed by atoms with E-state index in [1.165, 1.54) is 24.4 Å². The summed E-state index contributed by atoms with van der Waals surface area (Å²) in [6, 6.07) is 22.4. The second-order valence-electron chi connectivity index (χ2n) is 7.27. The fourth-order valence-electron chi connectivity index (χ4n) is 3.21. The number of nitrogens with one attached hydrogen (secondary N) is 1. The van der Waals surface area contributed by atoms with Crippen molar-refractivity contribution in [2.75, 3.05) is 6.61 Å². The topological polar surface area (TPSA) is 59.9 Å². The van der Waals surface area contributed by atoms with Gasteiger partial charge in [-0.1, -0.05) is 65.7 Å². The molecule has 0 heterocycles. The van der Waals surface area contributed by atoms with E-state index in [2.05, 4.69) is 10.5 Å². The summed E-state index contributed by atoms with van der Waals surface area (Å²) in [4.78, 5) is 12.2. The summed E-state index contributed by atoms with van der Waals surface area (Å²) in [7, 11) is 0. The molecule has 0 bridgehead atoms. The van der Waals surface area contributed by atoms with Crippen molar-refractivity contribution in [3.63, 3.8) is 0 Å². The van der Waals surface area contributed by atoms with E-state index in [4.69, 9.17) is 32.7 Å². The highest BCUT2D eigenvalue weighted by atomic mass is 35.5. The molecule has 0 fully saturated rings. The third-order valence-electron chi connectivity index (χ3n) is 4.87. The molecule has 5 nitrogen and oxygen atoms in total. The summed E-state index contributed by atoms with van der Waals surface area (Å²) in [5.74, 6) is 0.151. The molecule has 0 unspecified atom stereocenters. The minimum atomic E-state index is -0.462. The van der Waals surface area contributed by atoms with Gasteiger partial charge in [-0.2, -0.15) is 5.10 Å². The molecule has 0 saturated heterocycles. The zero-order valence-electron chi connectivity index (χ0n) is 17.8. The van der Waals surface area contributed by atoms with E-state index in [0.29, 0.717) is 27.1 Å². The van der Waals surface area contributed by atoms with Crippen LogP contribution in [0.15, 0.2) is 84.0 Å². The lowest BCUT2D eigenvalue weighted by molar-refractivity contribution is -0.123. The molecule has 0 atom stereocenters. The Hall–Kier alpha value is -3.61. The normalized spacial score (nSPS) is 11.0. The summed E-state index contributed by atoms with van der Waals surface area (Å²) in [5.41, 5.74) is 3.96. The maximum atomic E-state index is 13.2. The highest BCUT2D eigenvalue weighted by molar-refractivity contribution is 6.35. The number of hydrazone groups is 1. The van der Waals surface area contributed by atoms with Gasteiger partial charge in [-0.25, -0.2) is 9.82 Å². The van der Waals surface area contributed by atoms with Crippen LogP contribution in [0.3, 0.4) is 0 Å². The summed E-state index contributed by atoms with van der Waals surface area (Å²) in [6.07, 6.45) is 1.52. The molecule has 0 aliphatic heterocycles. The molecule has 0 aliphatic carbocycles. The molecule has 8 heteroatoms. The van der Waals surface area contributed by atoms with E-state index in [1.807, 2.05) is 36.4 Å². The van der Waals surface area contributed by atoms with Crippen LogP contribution in [-0.2, 0) is 11.4 Å². The van der Waals surface area contributed by atoms with Crippen LogP contribution in [0.2, 0.25) is 10.0 Å². The number of carbonyl (C=O) groups is 1. The molecule has 0 spiro atoms. The Morgan fingerprint density at radius 2 is 1.71 bits per heavy atom. The van der Waals surface area contributed by atoms with Crippen LogP contribution in [0.4, 0.5) is 4.39 Å². The first kappa shape index (κ1) is 23.5. The molecule has 0 saturated carbocycles. The lowest BCUT2D eigenvalue weighted by Gasteiger charge is -2.12. The van der Waals surface area contributed by atoms with Crippen LogP contribution in [0.1, 0.15) is 11.1 Å². The van der Waals surface area contributed by atoms with E-state index in [9.17, 15) is 9.18 Å². The van der Waals surface area contributed by atoms with Crippen LogP contribution in [-0.4, -0.2) is 18.7 Å². The monoisotopic (exact) mass is 496 g/mol. The molecule has 34 heavy (non-hydrogen) atoms. The molecular weight excluding hydrogens is 478 g/mol. The molecule has 0 aromatic heterocycles. The summed E-state index contributed by atoms with van der Waals surface area (Å²) in [6.45, 7) is -0.0241. The first-order valence-corrected chi connectivity index (χ1v) is 11.0. The first-order chi connectivity index (χ1) is 16.5. The number of benzene rings is 4. The van der Waals surface area contributed by atoms with Gasteiger partial charge in [0.05, 0.1) is 11.2 Å². The van der Waals surface area contributed by atoms with Crippen molar-refractivity contribution in [1.29, 1.82) is 0 Å². The molecule has 4 rings (SSSR count). The molecule has 1 amide bonds. The molecule has 4 aromatic carbocycles. The van der Waals surface area contributed by atoms with Crippen LogP contribution in [0.25, 0.3) is 10.8 Å². The standard InChI is InChI=1S/C26H19Cl2FN2O3/c27-19-8-12-25(23(28)13-19)34-16-26(32)31-30-14-22-21-4-2-1-3-18(21)7-11-24(22)33-15-17-5-9-20(29)10-6-17/h1-14H,15-16H2,(H,31,32)/b30-14+. The van der Waals surface area contributed by atoms with Crippen LogP contribution in [0.5, 0.6) is 11.5 Å². The van der Waals surface area contributed by atoms with E-state index in [-0.39, 0.29) is 19.0 Å². The highest BCUT2D eigenvalue weighted by Gasteiger charge is 2.09. The minimum absolute atomic E-state index is 0.251. The van der Waals surface area contributed by atoms with E-state index in [1.54, 1.807) is 24.3 Å². The maximum absolute atomic E-state index is 13.2. The van der Waals surface area contributed by atoms with E-state index < -0.39 is 5.91 Å². The average molecular weight is 497 g/mol.